The predicted octanol–water partition coefficient (Wildman–Crippen LogP) is 0.501. The number of carbonyl (C=O) groups is 3. The van der Waals surface area contributed by atoms with Crippen molar-refractivity contribution in [2.75, 3.05) is 13.1 Å². The molecule has 2 heterocycles. The number of aromatic carboxylic acids is 1. The Morgan fingerprint density at radius 1 is 1.55 bits per heavy atom. The smallest absolute Gasteiger partial charge is 0.339 e. The number of aryl methyl sites for hydroxylation is 1. The monoisotopic (exact) mass is 280 g/mol. The van der Waals surface area contributed by atoms with E-state index in [1.807, 2.05) is 0 Å². The van der Waals surface area contributed by atoms with Crippen LogP contribution in [0.4, 0.5) is 0 Å². The average molecular weight is 280 g/mol. The number of carboxylic acid groups (broad SMARTS) is 1. The molecule has 20 heavy (non-hydrogen) atoms. The molecule has 1 aromatic rings. The second-order valence-corrected chi connectivity index (χ2v) is 4.57. The molecule has 0 bridgehead atoms. The molecule has 1 aliphatic heterocycles. The minimum Gasteiger partial charge on any atom is -0.478 e. The van der Waals surface area contributed by atoms with Gasteiger partial charge in [0.05, 0.1) is 0 Å². The highest BCUT2D eigenvalue weighted by molar-refractivity contribution is 5.98. The molecule has 0 saturated carbocycles. The van der Waals surface area contributed by atoms with Gasteiger partial charge in [0.25, 0.3) is 5.91 Å². The fourth-order valence-electron chi connectivity index (χ4n) is 2.18. The van der Waals surface area contributed by atoms with Crippen LogP contribution in [0.15, 0.2) is 10.5 Å². The molecule has 0 spiro atoms. The molecular weight excluding hydrogens is 264 g/mol. The van der Waals surface area contributed by atoms with Gasteiger partial charge in [-0.2, -0.15) is 0 Å². The molecular formula is C13H16N2O5. The number of amides is 2. The maximum absolute atomic E-state index is 12.3. The zero-order valence-corrected chi connectivity index (χ0v) is 11.3. The van der Waals surface area contributed by atoms with Gasteiger partial charge in [-0.3, -0.25) is 9.59 Å². The lowest BCUT2D eigenvalue weighted by molar-refractivity contribution is -0.127. The first-order valence-corrected chi connectivity index (χ1v) is 6.40. The first-order valence-electron chi connectivity index (χ1n) is 6.40. The summed E-state index contributed by atoms with van der Waals surface area (Å²) in [6, 6.07) is 0.627. The third-order valence-electron chi connectivity index (χ3n) is 3.33. The summed E-state index contributed by atoms with van der Waals surface area (Å²) in [6.45, 7) is 4.11. The number of hydrogen-bond donors (Lipinski definition) is 2. The molecule has 2 rings (SSSR count). The van der Waals surface area contributed by atoms with E-state index in [1.54, 1.807) is 13.8 Å². The van der Waals surface area contributed by atoms with Crippen molar-refractivity contribution in [3.05, 3.63) is 23.2 Å². The van der Waals surface area contributed by atoms with Crippen molar-refractivity contribution >= 4 is 17.8 Å². The van der Waals surface area contributed by atoms with E-state index in [-0.39, 0.29) is 23.0 Å². The van der Waals surface area contributed by atoms with Gasteiger partial charge in [0.1, 0.15) is 17.4 Å². The quantitative estimate of drug-likeness (QED) is 0.839. The minimum absolute atomic E-state index is 0.00929. The molecule has 1 saturated heterocycles. The van der Waals surface area contributed by atoms with Crippen molar-refractivity contribution in [2.24, 2.45) is 0 Å². The first-order chi connectivity index (χ1) is 9.45. The van der Waals surface area contributed by atoms with Crippen LogP contribution >= 0.6 is 0 Å². The molecule has 1 fully saturated rings. The maximum Gasteiger partial charge on any atom is 0.339 e. The number of carbonyl (C=O) groups excluding carboxylic acids is 2. The Balaban J connectivity index is 2.29. The van der Waals surface area contributed by atoms with Gasteiger partial charge in [-0.15, -0.1) is 0 Å². The second-order valence-electron chi connectivity index (χ2n) is 4.57. The summed E-state index contributed by atoms with van der Waals surface area (Å²) in [7, 11) is 0. The lowest BCUT2D eigenvalue weighted by Gasteiger charge is -2.32. The number of rotatable bonds is 3. The summed E-state index contributed by atoms with van der Waals surface area (Å²) in [6.07, 6.45) is 0.380. The van der Waals surface area contributed by atoms with Crippen molar-refractivity contribution in [3.63, 3.8) is 0 Å². The van der Waals surface area contributed by atoms with E-state index in [4.69, 9.17) is 9.52 Å². The van der Waals surface area contributed by atoms with Gasteiger partial charge in [-0.25, -0.2) is 4.79 Å². The Morgan fingerprint density at radius 3 is 2.80 bits per heavy atom. The average Bonchev–Trinajstić information content (AvgIpc) is 2.85. The number of hydrogen-bond acceptors (Lipinski definition) is 4. The lowest BCUT2D eigenvalue weighted by Crippen LogP contribution is -2.55. The fraction of sp³-hybridized carbons (Fsp3) is 0.462. The largest absolute Gasteiger partial charge is 0.478 e. The summed E-state index contributed by atoms with van der Waals surface area (Å²) < 4.78 is 5.32. The Labute approximate surface area is 115 Å². The standard InChI is InChI=1S/C13H16N2O5/c1-3-9-8(13(18)19)6-10(20-9)12(17)15-5-4-14-11(16)7(15)2/h6-7H,3-5H2,1-2H3,(H,14,16)(H,18,19). The molecule has 1 aliphatic rings. The van der Waals surface area contributed by atoms with Crippen LogP contribution < -0.4 is 5.32 Å². The van der Waals surface area contributed by atoms with E-state index in [1.165, 1.54) is 11.0 Å². The van der Waals surface area contributed by atoms with Crippen molar-refractivity contribution in [3.8, 4) is 0 Å². The molecule has 2 amide bonds. The van der Waals surface area contributed by atoms with Gasteiger partial charge in [-0.05, 0) is 6.92 Å². The highest BCUT2D eigenvalue weighted by Crippen LogP contribution is 2.19. The Hall–Kier alpha value is -2.31. The topological polar surface area (TPSA) is 99.9 Å². The van der Waals surface area contributed by atoms with E-state index in [9.17, 15) is 14.4 Å². The van der Waals surface area contributed by atoms with Gasteiger partial charge in [0.2, 0.25) is 5.91 Å². The van der Waals surface area contributed by atoms with Gasteiger partial charge in [0, 0.05) is 25.6 Å². The van der Waals surface area contributed by atoms with Crippen molar-refractivity contribution in [1.82, 2.24) is 10.2 Å². The molecule has 1 aromatic heterocycles. The van der Waals surface area contributed by atoms with Crippen molar-refractivity contribution in [1.29, 1.82) is 0 Å². The van der Waals surface area contributed by atoms with Gasteiger partial charge in [0.15, 0.2) is 5.76 Å². The minimum atomic E-state index is -1.13. The van der Waals surface area contributed by atoms with E-state index >= 15 is 0 Å². The first kappa shape index (κ1) is 14.1. The normalized spacial score (nSPS) is 18.8. The molecule has 1 unspecified atom stereocenters. The Bertz CT molecular complexity index is 563. The Morgan fingerprint density at radius 2 is 2.25 bits per heavy atom. The van der Waals surface area contributed by atoms with E-state index < -0.39 is 17.9 Å². The van der Waals surface area contributed by atoms with E-state index in [0.717, 1.165) is 0 Å². The predicted molar refractivity (Wildman–Crippen MR) is 68.6 cm³/mol. The maximum atomic E-state index is 12.3. The number of nitrogens with zero attached hydrogens (tertiary/aromatic N) is 1. The SMILES string of the molecule is CCc1oc(C(=O)N2CCNC(=O)C2C)cc1C(=O)O. The third-order valence-corrected chi connectivity index (χ3v) is 3.33. The zero-order valence-electron chi connectivity index (χ0n) is 11.3. The van der Waals surface area contributed by atoms with Gasteiger partial charge < -0.3 is 19.7 Å². The van der Waals surface area contributed by atoms with Crippen LogP contribution in [0.25, 0.3) is 0 Å². The van der Waals surface area contributed by atoms with Crippen LogP contribution in [0.1, 0.15) is 40.5 Å². The highest BCUT2D eigenvalue weighted by atomic mass is 16.4. The molecule has 1 atom stereocenters. The molecule has 0 aliphatic carbocycles. The highest BCUT2D eigenvalue weighted by Gasteiger charge is 2.32. The van der Waals surface area contributed by atoms with E-state index in [0.29, 0.717) is 19.5 Å². The number of piperazine rings is 1. The number of nitrogens with one attached hydrogen (secondary N) is 1. The van der Waals surface area contributed by atoms with Crippen LogP contribution in [0.3, 0.4) is 0 Å². The van der Waals surface area contributed by atoms with Crippen LogP contribution in [-0.2, 0) is 11.2 Å². The van der Waals surface area contributed by atoms with Crippen LogP contribution in [0.2, 0.25) is 0 Å². The molecule has 7 heteroatoms. The number of carboxylic acids is 1. The lowest BCUT2D eigenvalue weighted by atomic mass is 10.1. The molecule has 2 N–H and O–H groups in total. The third kappa shape index (κ3) is 2.38. The van der Waals surface area contributed by atoms with Gasteiger partial charge >= 0.3 is 5.97 Å². The second kappa shape index (κ2) is 5.36. The summed E-state index contributed by atoms with van der Waals surface area (Å²) >= 11 is 0. The Kier molecular flexibility index (Phi) is 3.78. The van der Waals surface area contributed by atoms with Crippen LogP contribution in [0, 0.1) is 0 Å². The fourth-order valence-corrected chi connectivity index (χ4v) is 2.18. The molecule has 0 radical (unpaired) electrons. The number of furan rings is 1. The molecule has 0 aromatic carbocycles. The molecule has 108 valence electrons. The van der Waals surface area contributed by atoms with Crippen LogP contribution in [0.5, 0.6) is 0 Å². The summed E-state index contributed by atoms with van der Waals surface area (Å²) in [5, 5.41) is 11.7. The van der Waals surface area contributed by atoms with Crippen LogP contribution in [-0.4, -0.2) is 46.9 Å². The van der Waals surface area contributed by atoms with E-state index in [2.05, 4.69) is 5.32 Å². The summed E-state index contributed by atoms with van der Waals surface area (Å²) in [4.78, 5) is 36.3. The molecule has 7 nitrogen and oxygen atoms in total. The van der Waals surface area contributed by atoms with Crippen molar-refractivity contribution in [2.45, 2.75) is 26.3 Å². The zero-order chi connectivity index (χ0) is 14.9. The van der Waals surface area contributed by atoms with Gasteiger partial charge in [-0.1, -0.05) is 6.92 Å². The summed E-state index contributed by atoms with van der Waals surface area (Å²) in [5.74, 6) is -1.61. The van der Waals surface area contributed by atoms with Crippen molar-refractivity contribution < 1.29 is 23.9 Å². The summed E-state index contributed by atoms with van der Waals surface area (Å²) in [5.41, 5.74) is -0.00929.